The predicted molar refractivity (Wildman–Crippen MR) is 244 cm³/mol. The Morgan fingerprint density at radius 1 is 0.772 bits per heavy atom. The summed E-state index contributed by atoms with van der Waals surface area (Å²) >= 11 is 0. The zero-order valence-electron chi connectivity index (χ0n) is 38.9. The van der Waals surface area contributed by atoms with Gasteiger partial charge in [-0.2, -0.15) is 0 Å². The van der Waals surface area contributed by atoms with Crippen LogP contribution in [-0.2, 0) is 9.53 Å². The second kappa shape index (κ2) is 28.4. The summed E-state index contributed by atoms with van der Waals surface area (Å²) in [5, 5.41) is 20.7. The van der Waals surface area contributed by atoms with E-state index in [0.29, 0.717) is 23.7 Å². The molecule has 332 valence electrons. The number of rotatable bonds is 31. The normalized spacial score (nSPS) is 27.8. The van der Waals surface area contributed by atoms with Gasteiger partial charge in [0.2, 0.25) is 0 Å². The van der Waals surface area contributed by atoms with Crippen molar-refractivity contribution >= 4 is 5.97 Å². The first-order valence-corrected chi connectivity index (χ1v) is 25.4. The molecule has 3 aliphatic rings. The number of aliphatic hydroxyl groups excluding tert-OH is 2. The first-order valence-electron chi connectivity index (χ1n) is 25.4. The Bertz CT molecular complexity index is 1110. The molecule has 0 bridgehead atoms. The van der Waals surface area contributed by atoms with Gasteiger partial charge in [0.15, 0.2) is 0 Å². The molecule has 0 spiro atoms. The van der Waals surface area contributed by atoms with Crippen molar-refractivity contribution in [3.8, 4) is 0 Å². The fraction of sp³-hybridized carbons (Fsp3) is 0.906. The summed E-state index contributed by atoms with van der Waals surface area (Å²) in [4.78, 5) is 12.9. The Morgan fingerprint density at radius 2 is 1.35 bits per heavy atom. The van der Waals surface area contributed by atoms with Crippen molar-refractivity contribution in [2.45, 2.75) is 259 Å². The van der Waals surface area contributed by atoms with Gasteiger partial charge in [-0.1, -0.05) is 175 Å². The van der Waals surface area contributed by atoms with Gasteiger partial charge >= 0.3 is 5.97 Å². The maximum atomic E-state index is 12.9. The average molecular weight is 797 g/mol. The molecule has 4 heteroatoms. The SMILES string of the molecule is CCCCCCCCC(O)CCCCCCCCC(O)CCCCCC(=O)O[C@H]1CC[C@@H](C)/C(=C\C[C@@H]2C=CC[C@]3(C)[C@@H]([C@H](C)CC[C@@H](CC)C(C)C)CC[C@@H]23)C1. The van der Waals surface area contributed by atoms with Crippen molar-refractivity contribution < 1.29 is 19.7 Å². The number of carbonyl (C=O) groups excluding carboxylic acids is 1. The van der Waals surface area contributed by atoms with Crippen molar-refractivity contribution in [2.75, 3.05) is 0 Å². The maximum absolute atomic E-state index is 12.9. The van der Waals surface area contributed by atoms with E-state index in [9.17, 15) is 15.0 Å². The number of hydrogen-bond donors (Lipinski definition) is 2. The molecule has 0 amide bonds. The summed E-state index contributed by atoms with van der Waals surface area (Å²) in [6, 6.07) is 0. The van der Waals surface area contributed by atoms with Gasteiger partial charge in [-0.3, -0.25) is 4.79 Å². The first-order chi connectivity index (χ1) is 27.5. The van der Waals surface area contributed by atoms with Crippen LogP contribution in [0.2, 0.25) is 0 Å². The van der Waals surface area contributed by atoms with Crippen LogP contribution in [0.25, 0.3) is 0 Å². The van der Waals surface area contributed by atoms with Crippen LogP contribution >= 0.6 is 0 Å². The Labute approximate surface area is 354 Å². The number of ether oxygens (including phenoxy) is 1. The summed E-state index contributed by atoms with van der Waals surface area (Å²) < 4.78 is 6.06. The van der Waals surface area contributed by atoms with E-state index in [0.717, 1.165) is 113 Å². The molecule has 3 rings (SSSR count). The van der Waals surface area contributed by atoms with E-state index in [1.807, 2.05) is 0 Å². The van der Waals surface area contributed by atoms with E-state index in [4.69, 9.17) is 4.74 Å². The van der Waals surface area contributed by atoms with E-state index in [-0.39, 0.29) is 24.3 Å². The van der Waals surface area contributed by atoms with Crippen LogP contribution < -0.4 is 0 Å². The number of hydrogen-bond acceptors (Lipinski definition) is 4. The molecule has 57 heavy (non-hydrogen) atoms. The van der Waals surface area contributed by atoms with E-state index in [2.05, 4.69) is 66.7 Å². The largest absolute Gasteiger partial charge is 0.462 e. The summed E-state index contributed by atoms with van der Waals surface area (Å²) in [5.41, 5.74) is 1.95. The van der Waals surface area contributed by atoms with Crippen LogP contribution in [0.1, 0.15) is 241 Å². The molecule has 0 aromatic rings. The standard InChI is InChI=1S/C53H96O4/c1-8-10-11-12-15-19-26-47(54)27-20-16-13-14-17-21-28-48(55)29-22-18-23-30-52(56)57-49-36-32-42(5)46(40-49)35-34-45-25-24-39-53(7)50(37-38-51(45)53)43(6)31-33-44(9-2)41(3)4/h24-25,35,41-45,47-51,54-55H,8-23,26-34,36-40H2,1-7H3/b46-35-/t42-,43-,44-,45+,47?,48?,49+,50-,51+,53-/m1/s1. The summed E-state index contributed by atoms with van der Waals surface area (Å²) in [5.74, 6) is 5.30. The third-order valence-electron chi connectivity index (χ3n) is 15.7. The van der Waals surface area contributed by atoms with Crippen molar-refractivity contribution in [1.29, 1.82) is 0 Å². The van der Waals surface area contributed by atoms with Crippen LogP contribution in [-0.4, -0.2) is 34.5 Å². The highest BCUT2D eigenvalue weighted by molar-refractivity contribution is 5.69. The molecule has 2 saturated carbocycles. The number of aliphatic hydroxyl groups is 2. The van der Waals surface area contributed by atoms with Crippen LogP contribution in [0.3, 0.4) is 0 Å². The molecule has 2 N–H and O–H groups in total. The fourth-order valence-electron chi connectivity index (χ4n) is 11.6. The lowest BCUT2D eigenvalue weighted by Gasteiger charge is -2.44. The van der Waals surface area contributed by atoms with Gasteiger partial charge in [0, 0.05) is 12.8 Å². The van der Waals surface area contributed by atoms with Crippen LogP contribution in [0.15, 0.2) is 23.8 Å². The zero-order valence-corrected chi connectivity index (χ0v) is 38.9. The molecule has 0 aromatic carbocycles. The monoisotopic (exact) mass is 797 g/mol. The van der Waals surface area contributed by atoms with Crippen LogP contribution in [0.5, 0.6) is 0 Å². The highest BCUT2D eigenvalue weighted by Crippen LogP contribution is 2.59. The van der Waals surface area contributed by atoms with E-state index < -0.39 is 0 Å². The van der Waals surface area contributed by atoms with Gasteiger partial charge in [-0.25, -0.2) is 0 Å². The number of carbonyl (C=O) groups is 1. The number of esters is 1. The van der Waals surface area contributed by atoms with E-state index in [1.54, 1.807) is 0 Å². The maximum Gasteiger partial charge on any atom is 0.306 e. The van der Waals surface area contributed by atoms with Gasteiger partial charge in [0.25, 0.3) is 0 Å². The topological polar surface area (TPSA) is 66.8 Å². The summed E-state index contributed by atoms with van der Waals surface area (Å²) in [6.45, 7) is 17.0. The van der Waals surface area contributed by atoms with E-state index >= 15 is 0 Å². The van der Waals surface area contributed by atoms with Gasteiger partial charge in [-0.15, -0.1) is 0 Å². The van der Waals surface area contributed by atoms with Gasteiger partial charge in [0.05, 0.1) is 12.2 Å². The summed E-state index contributed by atoms with van der Waals surface area (Å²) in [6.07, 6.45) is 41.5. The molecule has 0 heterocycles. The minimum absolute atomic E-state index is 0.0301. The third kappa shape index (κ3) is 18.6. The molecule has 0 radical (unpaired) electrons. The molecular weight excluding hydrogens is 701 g/mol. The highest BCUT2D eigenvalue weighted by Gasteiger charge is 2.50. The van der Waals surface area contributed by atoms with Gasteiger partial charge in [0.1, 0.15) is 6.10 Å². The lowest BCUT2D eigenvalue weighted by Crippen LogP contribution is -2.37. The minimum atomic E-state index is -0.215. The van der Waals surface area contributed by atoms with Gasteiger partial charge < -0.3 is 14.9 Å². The Kier molecular flexibility index (Phi) is 25.0. The average Bonchev–Trinajstić information content (AvgIpc) is 3.54. The number of allylic oxidation sites excluding steroid dienone is 3. The van der Waals surface area contributed by atoms with Crippen molar-refractivity contribution in [3.05, 3.63) is 23.8 Å². The van der Waals surface area contributed by atoms with Crippen molar-refractivity contribution in [3.63, 3.8) is 0 Å². The molecule has 0 aromatic heterocycles. The quantitative estimate of drug-likeness (QED) is 0.0417. The molecule has 4 nitrogen and oxygen atoms in total. The lowest BCUT2D eigenvalue weighted by molar-refractivity contribution is -0.150. The first kappa shape index (κ1) is 50.2. The van der Waals surface area contributed by atoms with Crippen molar-refractivity contribution in [2.24, 2.45) is 46.8 Å². The number of fused-ring (bicyclic) bond motifs is 1. The second-order valence-electron chi connectivity index (χ2n) is 20.5. The molecule has 10 atom stereocenters. The summed E-state index contributed by atoms with van der Waals surface area (Å²) in [7, 11) is 0. The molecule has 2 unspecified atom stereocenters. The van der Waals surface area contributed by atoms with Gasteiger partial charge in [-0.05, 0) is 124 Å². The molecular formula is C53H96O4. The second-order valence-corrected chi connectivity index (χ2v) is 20.5. The van der Waals surface area contributed by atoms with Crippen molar-refractivity contribution in [1.82, 2.24) is 0 Å². The minimum Gasteiger partial charge on any atom is -0.462 e. The predicted octanol–water partition coefficient (Wildman–Crippen LogP) is 15.3. The number of unbranched alkanes of at least 4 members (excludes halogenated alkanes) is 12. The molecule has 0 aliphatic heterocycles. The molecule has 2 fully saturated rings. The Balaban J connectivity index is 1.24. The molecule has 3 aliphatic carbocycles. The Morgan fingerprint density at radius 3 is 1.93 bits per heavy atom. The third-order valence-corrected chi connectivity index (χ3v) is 15.7. The van der Waals surface area contributed by atoms with Crippen LogP contribution in [0.4, 0.5) is 0 Å². The lowest BCUT2D eigenvalue weighted by atomic mass is 9.60. The molecule has 0 saturated heterocycles. The fourth-order valence-corrected chi connectivity index (χ4v) is 11.6. The smallest absolute Gasteiger partial charge is 0.306 e. The Hall–Kier alpha value is -1.13. The van der Waals surface area contributed by atoms with Crippen LogP contribution in [0, 0.1) is 46.8 Å². The highest BCUT2D eigenvalue weighted by atomic mass is 16.5. The zero-order chi connectivity index (χ0) is 41.5. The van der Waals surface area contributed by atoms with E-state index in [1.165, 1.54) is 108 Å².